The highest BCUT2D eigenvalue weighted by molar-refractivity contribution is 6.30. The predicted molar refractivity (Wildman–Crippen MR) is 83.5 cm³/mol. The zero-order chi connectivity index (χ0) is 16.0. The number of ether oxygens (including phenoxy) is 1. The van der Waals surface area contributed by atoms with Crippen molar-refractivity contribution in [2.45, 2.75) is 26.3 Å². The fourth-order valence-electron chi connectivity index (χ4n) is 1.63. The van der Waals surface area contributed by atoms with Crippen LogP contribution in [0.25, 0.3) is 0 Å². The molecule has 0 aromatic heterocycles. The van der Waals surface area contributed by atoms with E-state index in [1.54, 1.807) is 32.2 Å². The van der Waals surface area contributed by atoms with Gasteiger partial charge in [0.1, 0.15) is 11.3 Å². The molecule has 1 unspecified atom stereocenters. The number of hydrogen-bond acceptors (Lipinski definition) is 4. The summed E-state index contributed by atoms with van der Waals surface area (Å²) in [5.74, 6) is 0.334. The van der Waals surface area contributed by atoms with E-state index in [9.17, 15) is 10.1 Å². The first-order valence-electron chi connectivity index (χ1n) is 6.62. The van der Waals surface area contributed by atoms with E-state index in [-0.39, 0.29) is 18.4 Å². The number of carbonyl (C=O) groups excluding carboxylic acids is 1. The molecule has 6 heteroatoms. The molecule has 5 nitrogen and oxygen atoms in total. The minimum atomic E-state index is -0.892. The molecule has 2 N–H and O–H groups in total. The Hall–Kier alpha value is -1.93. The van der Waals surface area contributed by atoms with E-state index in [1.165, 1.54) is 0 Å². The Bertz CT molecular complexity index is 554. The van der Waals surface area contributed by atoms with Crippen molar-refractivity contribution >= 4 is 23.2 Å². The first-order valence-corrected chi connectivity index (χ1v) is 7.00. The monoisotopic (exact) mass is 309 g/mol. The number of anilines is 1. The summed E-state index contributed by atoms with van der Waals surface area (Å²) in [6.45, 7) is 5.50. The molecular formula is C15H20ClN3O2. The number of carbonyl (C=O) groups is 1. The Balaban J connectivity index is 2.70. The lowest BCUT2D eigenvalue weighted by Crippen LogP contribution is -2.50. The van der Waals surface area contributed by atoms with Gasteiger partial charge in [0, 0.05) is 5.02 Å². The van der Waals surface area contributed by atoms with Gasteiger partial charge in [-0.15, -0.1) is 0 Å². The van der Waals surface area contributed by atoms with Crippen LogP contribution in [0.5, 0.6) is 5.75 Å². The van der Waals surface area contributed by atoms with Crippen LogP contribution in [-0.2, 0) is 4.79 Å². The summed E-state index contributed by atoms with van der Waals surface area (Å²) in [5, 5.41) is 15.4. The summed E-state index contributed by atoms with van der Waals surface area (Å²) < 4.78 is 5.19. The summed E-state index contributed by atoms with van der Waals surface area (Å²) in [4.78, 5) is 12.0. The number of nitriles is 1. The molecule has 1 atom stereocenters. The largest absolute Gasteiger partial charge is 0.495 e. The van der Waals surface area contributed by atoms with Gasteiger partial charge in [-0.3, -0.25) is 4.79 Å². The maximum atomic E-state index is 12.0. The number of halogens is 1. The van der Waals surface area contributed by atoms with Crippen molar-refractivity contribution in [1.82, 2.24) is 5.32 Å². The van der Waals surface area contributed by atoms with Crippen molar-refractivity contribution in [3.05, 3.63) is 23.2 Å². The minimum absolute atomic E-state index is 0.00663. The van der Waals surface area contributed by atoms with Gasteiger partial charge in [-0.05, 0) is 31.0 Å². The number of rotatable bonds is 6. The van der Waals surface area contributed by atoms with E-state index < -0.39 is 5.54 Å². The Morgan fingerprint density at radius 2 is 2.19 bits per heavy atom. The highest BCUT2D eigenvalue weighted by Crippen LogP contribution is 2.27. The molecule has 0 saturated heterocycles. The van der Waals surface area contributed by atoms with Gasteiger partial charge in [0.2, 0.25) is 5.91 Å². The summed E-state index contributed by atoms with van der Waals surface area (Å²) >= 11 is 5.92. The topological polar surface area (TPSA) is 74.2 Å². The van der Waals surface area contributed by atoms with Gasteiger partial charge < -0.3 is 15.4 Å². The van der Waals surface area contributed by atoms with Gasteiger partial charge in [0.05, 0.1) is 25.4 Å². The van der Waals surface area contributed by atoms with Crippen molar-refractivity contribution < 1.29 is 9.53 Å². The Labute approximate surface area is 130 Å². The lowest BCUT2D eigenvalue weighted by molar-refractivity contribution is -0.121. The van der Waals surface area contributed by atoms with Gasteiger partial charge in [-0.2, -0.15) is 5.26 Å². The number of methoxy groups -OCH3 is 1. The smallest absolute Gasteiger partial charge is 0.240 e. The molecule has 1 amide bonds. The number of nitrogens with zero attached hydrogens (tertiary/aromatic N) is 1. The SMILES string of the molecule is COc1ccc(Cl)cc1NCC(=O)NC(C)(C#N)C(C)C. The molecule has 1 rings (SSSR count). The predicted octanol–water partition coefficient (Wildman–Crippen LogP) is 2.81. The van der Waals surface area contributed by atoms with Crippen LogP contribution in [0.4, 0.5) is 5.69 Å². The molecule has 0 aliphatic carbocycles. The molecule has 0 saturated carbocycles. The summed E-state index contributed by atoms with van der Waals surface area (Å²) in [5.41, 5.74) is -0.264. The van der Waals surface area contributed by atoms with E-state index >= 15 is 0 Å². The van der Waals surface area contributed by atoms with Crippen LogP contribution in [0.15, 0.2) is 18.2 Å². The second-order valence-electron chi connectivity index (χ2n) is 5.22. The Kier molecular flexibility index (Phi) is 5.86. The molecule has 0 aliphatic heterocycles. The van der Waals surface area contributed by atoms with E-state index in [1.807, 2.05) is 13.8 Å². The first-order chi connectivity index (χ1) is 9.82. The average Bonchev–Trinajstić information content (AvgIpc) is 2.44. The maximum Gasteiger partial charge on any atom is 0.240 e. The third-order valence-corrected chi connectivity index (χ3v) is 3.62. The number of hydrogen-bond donors (Lipinski definition) is 2. The van der Waals surface area contributed by atoms with E-state index in [4.69, 9.17) is 16.3 Å². The molecule has 0 spiro atoms. The van der Waals surface area contributed by atoms with Crippen LogP contribution in [0.3, 0.4) is 0 Å². The van der Waals surface area contributed by atoms with Crippen molar-refractivity contribution in [2.24, 2.45) is 5.92 Å². The zero-order valence-corrected chi connectivity index (χ0v) is 13.4. The first kappa shape index (κ1) is 17.1. The van der Waals surface area contributed by atoms with Crippen LogP contribution in [0, 0.1) is 17.2 Å². The average molecular weight is 310 g/mol. The van der Waals surface area contributed by atoms with Crippen LogP contribution < -0.4 is 15.4 Å². The third kappa shape index (κ3) is 4.54. The maximum absolute atomic E-state index is 12.0. The van der Waals surface area contributed by atoms with E-state index in [0.29, 0.717) is 16.5 Å². The lowest BCUT2D eigenvalue weighted by atomic mass is 9.90. The molecule has 21 heavy (non-hydrogen) atoms. The van der Waals surface area contributed by atoms with Gasteiger partial charge in [0.15, 0.2) is 0 Å². The van der Waals surface area contributed by atoms with Crippen molar-refractivity contribution in [3.8, 4) is 11.8 Å². The Morgan fingerprint density at radius 3 is 2.71 bits per heavy atom. The third-order valence-electron chi connectivity index (χ3n) is 3.39. The van der Waals surface area contributed by atoms with E-state index in [2.05, 4.69) is 16.7 Å². The number of amides is 1. The molecule has 0 heterocycles. The Morgan fingerprint density at radius 1 is 1.52 bits per heavy atom. The zero-order valence-electron chi connectivity index (χ0n) is 12.7. The van der Waals surface area contributed by atoms with Gasteiger partial charge in [0.25, 0.3) is 0 Å². The van der Waals surface area contributed by atoms with E-state index in [0.717, 1.165) is 0 Å². The quantitative estimate of drug-likeness (QED) is 0.847. The molecule has 114 valence electrons. The van der Waals surface area contributed by atoms with Crippen molar-refractivity contribution in [3.63, 3.8) is 0 Å². The molecule has 0 bridgehead atoms. The highest BCUT2D eigenvalue weighted by atomic mass is 35.5. The van der Waals surface area contributed by atoms with Gasteiger partial charge in [-0.1, -0.05) is 25.4 Å². The molecule has 0 radical (unpaired) electrons. The standard InChI is InChI=1S/C15H20ClN3O2/c1-10(2)15(3,9-17)19-14(20)8-18-12-7-11(16)5-6-13(12)21-4/h5-7,10,18H,8H2,1-4H3,(H,19,20). The summed E-state index contributed by atoms with van der Waals surface area (Å²) in [6, 6.07) is 7.24. The van der Waals surface area contributed by atoms with Crippen LogP contribution in [0.1, 0.15) is 20.8 Å². The number of benzene rings is 1. The van der Waals surface area contributed by atoms with Gasteiger partial charge >= 0.3 is 0 Å². The van der Waals surface area contributed by atoms with Crippen molar-refractivity contribution in [2.75, 3.05) is 19.0 Å². The van der Waals surface area contributed by atoms with Crippen LogP contribution in [0.2, 0.25) is 5.02 Å². The molecular weight excluding hydrogens is 290 g/mol. The molecule has 1 aromatic carbocycles. The van der Waals surface area contributed by atoms with Gasteiger partial charge in [-0.25, -0.2) is 0 Å². The molecule has 0 fully saturated rings. The van der Waals surface area contributed by atoms with Crippen molar-refractivity contribution in [1.29, 1.82) is 5.26 Å². The highest BCUT2D eigenvalue weighted by Gasteiger charge is 2.29. The lowest BCUT2D eigenvalue weighted by Gasteiger charge is -2.27. The minimum Gasteiger partial charge on any atom is -0.495 e. The molecule has 0 aliphatic rings. The fourth-order valence-corrected chi connectivity index (χ4v) is 1.80. The van der Waals surface area contributed by atoms with Crippen LogP contribution in [-0.4, -0.2) is 25.1 Å². The number of nitrogens with one attached hydrogen (secondary N) is 2. The summed E-state index contributed by atoms with van der Waals surface area (Å²) in [6.07, 6.45) is 0. The summed E-state index contributed by atoms with van der Waals surface area (Å²) in [7, 11) is 1.54. The second-order valence-corrected chi connectivity index (χ2v) is 5.65. The second kappa shape index (κ2) is 7.19. The van der Waals surface area contributed by atoms with Crippen LogP contribution >= 0.6 is 11.6 Å². The fraction of sp³-hybridized carbons (Fsp3) is 0.467. The normalized spacial score (nSPS) is 13.2. The molecule has 1 aromatic rings.